The number of hydrogen-bond acceptors (Lipinski definition) is 3. The topological polar surface area (TPSA) is 37.8 Å². The third-order valence-electron chi connectivity index (χ3n) is 3.33. The molecule has 0 unspecified atom stereocenters. The molecule has 0 amide bonds. The number of halogens is 2. The monoisotopic (exact) mass is 307 g/mol. The molecule has 1 aliphatic rings. The highest BCUT2D eigenvalue weighted by atomic mass is 35.5. The third kappa shape index (κ3) is 3.62. The Morgan fingerprint density at radius 2 is 1.95 bits per heavy atom. The average molecular weight is 308 g/mol. The summed E-state index contributed by atoms with van der Waals surface area (Å²) in [6.07, 6.45) is 3.47. The van der Waals surface area contributed by atoms with E-state index >= 15 is 0 Å². The zero-order valence-corrected chi connectivity index (χ0v) is 12.5. The molecule has 20 heavy (non-hydrogen) atoms. The lowest BCUT2D eigenvalue weighted by Gasteiger charge is -2.09. The molecular weight excluding hydrogens is 293 g/mol. The van der Waals surface area contributed by atoms with Gasteiger partial charge in [0.2, 0.25) is 0 Å². The van der Waals surface area contributed by atoms with Crippen LogP contribution in [-0.4, -0.2) is 9.97 Å². The first-order valence-corrected chi connectivity index (χ1v) is 7.47. The van der Waals surface area contributed by atoms with E-state index in [2.05, 4.69) is 15.3 Å². The van der Waals surface area contributed by atoms with Crippen LogP contribution in [0.1, 0.15) is 24.2 Å². The Kier molecular flexibility index (Phi) is 4.08. The summed E-state index contributed by atoms with van der Waals surface area (Å²) >= 11 is 12.2. The van der Waals surface area contributed by atoms with E-state index < -0.39 is 0 Å². The number of nitrogens with zero attached hydrogens (tertiary/aromatic N) is 2. The van der Waals surface area contributed by atoms with Crippen LogP contribution in [0.5, 0.6) is 0 Å². The second-order valence-corrected chi connectivity index (χ2v) is 5.88. The normalized spacial score (nSPS) is 14.3. The minimum atomic E-state index is 0.484. The van der Waals surface area contributed by atoms with Gasteiger partial charge in [0.05, 0.1) is 0 Å². The molecule has 104 valence electrons. The summed E-state index contributed by atoms with van der Waals surface area (Å²) in [7, 11) is 0. The van der Waals surface area contributed by atoms with Gasteiger partial charge in [0.1, 0.15) is 16.8 Å². The van der Waals surface area contributed by atoms with Crippen molar-refractivity contribution < 1.29 is 0 Å². The van der Waals surface area contributed by atoms with Gasteiger partial charge in [0.15, 0.2) is 0 Å². The molecule has 0 aliphatic heterocycles. The van der Waals surface area contributed by atoms with Gasteiger partial charge in [0.25, 0.3) is 0 Å². The van der Waals surface area contributed by atoms with Crippen LogP contribution < -0.4 is 5.32 Å². The van der Waals surface area contributed by atoms with Gasteiger partial charge in [-0.1, -0.05) is 41.4 Å². The van der Waals surface area contributed by atoms with E-state index in [1.165, 1.54) is 12.8 Å². The fourth-order valence-corrected chi connectivity index (χ4v) is 2.46. The fourth-order valence-electron chi connectivity index (χ4n) is 2.05. The molecule has 3 nitrogen and oxygen atoms in total. The average Bonchev–Trinajstić information content (AvgIpc) is 3.21. The molecule has 2 aromatic rings. The van der Waals surface area contributed by atoms with Crippen molar-refractivity contribution >= 4 is 29.0 Å². The van der Waals surface area contributed by atoms with Gasteiger partial charge >= 0.3 is 0 Å². The fraction of sp³-hybridized carbons (Fsp3) is 0.333. The zero-order chi connectivity index (χ0) is 13.9. The summed E-state index contributed by atoms with van der Waals surface area (Å²) in [4.78, 5) is 8.78. The highest BCUT2D eigenvalue weighted by Crippen LogP contribution is 2.32. The Morgan fingerprint density at radius 3 is 2.70 bits per heavy atom. The molecule has 1 N–H and O–H groups in total. The first-order chi connectivity index (χ1) is 9.70. The Morgan fingerprint density at radius 1 is 1.15 bits per heavy atom. The number of hydrogen-bond donors (Lipinski definition) is 1. The molecular formula is C15H15Cl2N3. The molecule has 1 aromatic carbocycles. The van der Waals surface area contributed by atoms with E-state index in [-0.39, 0.29) is 0 Å². The molecule has 0 saturated heterocycles. The van der Waals surface area contributed by atoms with E-state index in [4.69, 9.17) is 23.2 Å². The minimum Gasteiger partial charge on any atom is -0.366 e. The van der Waals surface area contributed by atoms with Crippen LogP contribution in [0.15, 0.2) is 30.3 Å². The lowest BCUT2D eigenvalue weighted by atomic mass is 10.2. The molecule has 1 heterocycles. The maximum absolute atomic E-state index is 6.13. The van der Waals surface area contributed by atoms with Crippen molar-refractivity contribution in [3.05, 3.63) is 51.9 Å². The van der Waals surface area contributed by atoms with Gasteiger partial charge in [-0.3, -0.25) is 0 Å². The second kappa shape index (κ2) is 5.98. The van der Waals surface area contributed by atoms with E-state index in [0.717, 1.165) is 34.6 Å². The maximum atomic E-state index is 6.13. The second-order valence-electron chi connectivity index (χ2n) is 5.08. The summed E-state index contributed by atoms with van der Waals surface area (Å²) in [6, 6.07) is 9.50. The van der Waals surface area contributed by atoms with E-state index in [0.29, 0.717) is 11.7 Å². The minimum absolute atomic E-state index is 0.484. The van der Waals surface area contributed by atoms with Crippen LogP contribution in [0.25, 0.3) is 0 Å². The van der Waals surface area contributed by atoms with Crippen LogP contribution in [0.2, 0.25) is 10.2 Å². The molecule has 1 fully saturated rings. The predicted molar refractivity (Wildman–Crippen MR) is 82.2 cm³/mol. The Labute approximate surface area is 128 Å². The van der Waals surface area contributed by atoms with E-state index in [1.54, 1.807) is 6.07 Å². The van der Waals surface area contributed by atoms with Crippen LogP contribution in [-0.2, 0) is 13.0 Å². The van der Waals surface area contributed by atoms with Crippen molar-refractivity contribution in [2.75, 3.05) is 5.32 Å². The maximum Gasteiger partial charge on any atom is 0.134 e. The van der Waals surface area contributed by atoms with Gasteiger partial charge in [-0.15, -0.1) is 0 Å². The highest BCUT2D eigenvalue weighted by molar-refractivity contribution is 6.31. The lowest BCUT2D eigenvalue weighted by molar-refractivity contribution is 0.770. The largest absolute Gasteiger partial charge is 0.366 e. The SMILES string of the molecule is Clc1cc(NCc2ccccc2Cl)nc(CC2CC2)n1. The third-order valence-corrected chi connectivity index (χ3v) is 3.89. The molecule has 1 aromatic heterocycles. The van der Waals surface area contributed by atoms with Crippen molar-refractivity contribution in [3.8, 4) is 0 Å². The van der Waals surface area contributed by atoms with Crippen LogP contribution >= 0.6 is 23.2 Å². The van der Waals surface area contributed by atoms with Crippen molar-refractivity contribution in [3.63, 3.8) is 0 Å². The standard InChI is InChI=1S/C15H15Cl2N3/c16-12-4-2-1-3-11(12)9-18-14-8-13(17)19-15(20-14)7-10-5-6-10/h1-4,8,10H,5-7,9H2,(H,18,19,20). The van der Waals surface area contributed by atoms with Gasteiger partial charge in [-0.2, -0.15) is 0 Å². The molecule has 0 spiro atoms. The van der Waals surface area contributed by atoms with Crippen molar-refractivity contribution in [2.24, 2.45) is 5.92 Å². The van der Waals surface area contributed by atoms with Gasteiger partial charge < -0.3 is 5.32 Å². The lowest BCUT2D eigenvalue weighted by Crippen LogP contribution is -2.05. The number of anilines is 1. The van der Waals surface area contributed by atoms with Gasteiger partial charge in [-0.25, -0.2) is 9.97 Å². The highest BCUT2D eigenvalue weighted by Gasteiger charge is 2.23. The molecule has 1 aliphatic carbocycles. The predicted octanol–water partition coefficient (Wildman–Crippen LogP) is 4.35. The van der Waals surface area contributed by atoms with E-state index in [1.807, 2.05) is 24.3 Å². The summed E-state index contributed by atoms with van der Waals surface area (Å²) < 4.78 is 0. The molecule has 1 saturated carbocycles. The quantitative estimate of drug-likeness (QED) is 0.835. The zero-order valence-electron chi connectivity index (χ0n) is 10.9. The first kappa shape index (κ1) is 13.7. The Hall–Kier alpha value is -1.32. The molecule has 0 radical (unpaired) electrons. The molecule has 0 atom stereocenters. The Bertz CT molecular complexity index is 612. The number of aromatic nitrogens is 2. The summed E-state index contributed by atoms with van der Waals surface area (Å²) in [5, 5.41) is 4.49. The van der Waals surface area contributed by atoms with Gasteiger partial charge in [-0.05, 0) is 30.4 Å². The molecule has 3 rings (SSSR count). The van der Waals surface area contributed by atoms with Crippen LogP contribution in [0.4, 0.5) is 5.82 Å². The smallest absolute Gasteiger partial charge is 0.134 e. The summed E-state index contributed by atoms with van der Waals surface area (Å²) in [6.45, 7) is 0.621. The van der Waals surface area contributed by atoms with Crippen molar-refractivity contribution in [2.45, 2.75) is 25.8 Å². The van der Waals surface area contributed by atoms with E-state index in [9.17, 15) is 0 Å². The molecule has 0 bridgehead atoms. The van der Waals surface area contributed by atoms with Crippen LogP contribution in [0.3, 0.4) is 0 Å². The Balaban J connectivity index is 1.70. The summed E-state index contributed by atoms with van der Waals surface area (Å²) in [5.74, 6) is 2.31. The molecule has 5 heteroatoms. The number of rotatable bonds is 5. The van der Waals surface area contributed by atoms with Crippen LogP contribution in [0, 0.1) is 5.92 Å². The number of nitrogens with one attached hydrogen (secondary N) is 1. The van der Waals surface area contributed by atoms with Crippen molar-refractivity contribution in [1.82, 2.24) is 9.97 Å². The summed E-state index contributed by atoms with van der Waals surface area (Å²) in [5.41, 5.74) is 1.03. The first-order valence-electron chi connectivity index (χ1n) is 6.71. The van der Waals surface area contributed by atoms with Crippen molar-refractivity contribution in [1.29, 1.82) is 0 Å². The van der Waals surface area contributed by atoms with Gasteiger partial charge in [0, 0.05) is 24.1 Å². The number of benzene rings is 1.